The third-order valence-electron chi connectivity index (χ3n) is 2.73. The third-order valence-corrected chi connectivity index (χ3v) is 3.60. The second kappa shape index (κ2) is 5.86. The number of aliphatic hydroxyl groups is 1. The lowest BCUT2D eigenvalue weighted by atomic mass is 10.1. The van der Waals surface area contributed by atoms with Gasteiger partial charge >= 0.3 is 0 Å². The summed E-state index contributed by atoms with van der Waals surface area (Å²) in [6.45, 7) is 7.40. The van der Waals surface area contributed by atoms with Gasteiger partial charge in [-0.3, -0.25) is 0 Å². The van der Waals surface area contributed by atoms with Gasteiger partial charge in [-0.1, -0.05) is 6.07 Å². The van der Waals surface area contributed by atoms with Gasteiger partial charge in [0.15, 0.2) is 0 Å². The van der Waals surface area contributed by atoms with E-state index in [1.165, 1.54) is 0 Å². The molecule has 0 aliphatic rings. The highest BCUT2D eigenvalue weighted by atomic mass is 32.1. The lowest BCUT2D eigenvalue weighted by molar-refractivity contribution is 0.142. The second-order valence-electron chi connectivity index (χ2n) is 5.67. The van der Waals surface area contributed by atoms with Crippen LogP contribution in [0, 0.1) is 0 Å². The summed E-state index contributed by atoms with van der Waals surface area (Å²) in [4.78, 5) is 5.49. The maximum Gasteiger partial charge on any atom is 0.150 e. The summed E-state index contributed by atoms with van der Waals surface area (Å²) >= 11 is 1.66. The number of aliphatic hydroxyl groups excluding tert-OH is 1. The second-order valence-corrected chi connectivity index (χ2v) is 6.61. The van der Waals surface area contributed by atoms with Gasteiger partial charge in [0, 0.05) is 24.5 Å². The highest BCUT2D eigenvalue weighted by Crippen LogP contribution is 2.22. The average Bonchev–Trinajstić information content (AvgIpc) is 2.94. The van der Waals surface area contributed by atoms with Crippen LogP contribution in [0.5, 0.6) is 0 Å². The lowest BCUT2D eigenvalue weighted by Gasteiger charge is -2.23. The Bertz CT molecular complexity index is 499. The van der Waals surface area contributed by atoms with E-state index in [1.54, 1.807) is 17.5 Å². The predicted octanol–water partition coefficient (Wildman–Crippen LogP) is 2.36. The molecule has 0 aliphatic carbocycles. The van der Waals surface area contributed by atoms with Gasteiger partial charge in [0.2, 0.25) is 0 Å². The zero-order chi connectivity index (χ0) is 13.9. The molecule has 1 unspecified atom stereocenters. The fourth-order valence-electron chi connectivity index (χ4n) is 1.80. The molecule has 2 N–H and O–H groups in total. The number of nitrogens with one attached hydrogen (secondary N) is 1. The number of aromatic nitrogens is 2. The van der Waals surface area contributed by atoms with E-state index in [0.717, 1.165) is 10.7 Å². The smallest absolute Gasteiger partial charge is 0.150 e. The SMILES string of the molecule is CC(C)(C)NCC(O)Cn1ccnc1-c1cccs1. The van der Waals surface area contributed by atoms with Crippen molar-refractivity contribution in [3.8, 4) is 10.7 Å². The van der Waals surface area contributed by atoms with Crippen LogP contribution in [0.3, 0.4) is 0 Å². The van der Waals surface area contributed by atoms with Crippen molar-refractivity contribution in [1.29, 1.82) is 0 Å². The van der Waals surface area contributed by atoms with Crippen molar-refractivity contribution in [2.24, 2.45) is 0 Å². The molecule has 2 aromatic rings. The molecule has 2 rings (SSSR count). The minimum atomic E-state index is -0.424. The summed E-state index contributed by atoms with van der Waals surface area (Å²) in [5.41, 5.74) is 0.0203. The standard InChI is InChI=1S/C14H21N3OS/c1-14(2,3)16-9-11(18)10-17-7-6-15-13(17)12-5-4-8-19-12/h4-8,11,16,18H,9-10H2,1-3H3. The Kier molecular flexibility index (Phi) is 4.39. The average molecular weight is 279 g/mol. The molecule has 19 heavy (non-hydrogen) atoms. The Morgan fingerprint density at radius 1 is 1.47 bits per heavy atom. The summed E-state index contributed by atoms with van der Waals surface area (Å²) in [6, 6.07) is 4.06. The first kappa shape index (κ1) is 14.2. The number of nitrogens with zero attached hydrogens (tertiary/aromatic N) is 2. The molecular formula is C14H21N3OS. The van der Waals surface area contributed by atoms with E-state index in [0.29, 0.717) is 13.1 Å². The molecule has 1 atom stereocenters. The normalized spacial score (nSPS) is 13.7. The molecule has 0 bridgehead atoms. The van der Waals surface area contributed by atoms with Crippen LogP contribution < -0.4 is 5.32 Å². The molecular weight excluding hydrogens is 258 g/mol. The van der Waals surface area contributed by atoms with E-state index >= 15 is 0 Å². The van der Waals surface area contributed by atoms with Crippen LogP contribution in [-0.2, 0) is 6.54 Å². The molecule has 0 amide bonds. The molecule has 0 saturated carbocycles. The number of thiophene rings is 1. The largest absolute Gasteiger partial charge is 0.390 e. The predicted molar refractivity (Wildman–Crippen MR) is 79.3 cm³/mol. The topological polar surface area (TPSA) is 50.1 Å². The van der Waals surface area contributed by atoms with Gasteiger partial charge in [-0.25, -0.2) is 4.98 Å². The Morgan fingerprint density at radius 3 is 2.89 bits per heavy atom. The molecule has 0 aromatic carbocycles. The van der Waals surface area contributed by atoms with Crippen molar-refractivity contribution in [1.82, 2.24) is 14.9 Å². The summed E-state index contributed by atoms with van der Waals surface area (Å²) in [5.74, 6) is 0.921. The molecule has 5 heteroatoms. The molecule has 2 aromatic heterocycles. The molecule has 0 fully saturated rings. The van der Waals surface area contributed by atoms with Gasteiger partial charge in [-0.15, -0.1) is 11.3 Å². The zero-order valence-electron chi connectivity index (χ0n) is 11.6. The van der Waals surface area contributed by atoms with Crippen LogP contribution in [0.15, 0.2) is 29.9 Å². The van der Waals surface area contributed by atoms with E-state index in [1.807, 2.05) is 28.3 Å². The molecule has 104 valence electrons. The first-order chi connectivity index (χ1) is 8.96. The summed E-state index contributed by atoms with van der Waals surface area (Å²) in [7, 11) is 0. The summed E-state index contributed by atoms with van der Waals surface area (Å²) in [5, 5.41) is 15.4. The van der Waals surface area contributed by atoms with Crippen molar-refractivity contribution >= 4 is 11.3 Å². The first-order valence-corrected chi connectivity index (χ1v) is 7.32. The fourth-order valence-corrected chi connectivity index (χ4v) is 2.54. The van der Waals surface area contributed by atoms with Crippen molar-refractivity contribution in [2.75, 3.05) is 6.54 Å². The number of rotatable bonds is 5. The Balaban J connectivity index is 1.98. The highest BCUT2D eigenvalue weighted by Gasteiger charge is 2.14. The van der Waals surface area contributed by atoms with Crippen molar-refractivity contribution in [3.63, 3.8) is 0 Å². The minimum Gasteiger partial charge on any atom is -0.390 e. The van der Waals surface area contributed by atoms with Gasteiger partial charge < -0.3 is 15.0 Å². The van der Waals surface area contributed by atoms with Gasteiger partial charge in [-0.2, -0.15) is 0 Å². The number of imidazole rings is 1. The Hall–Kier alpha value is -1.17. The number of hydrogen-bond acceptors (Lipinski definition) is 4. The van der Waals surface area contributed by atoms with E-state index in [4.69, 9.17) is 0 Å². The van der Waals surface area contributed by atoms with Crippen LogP contribution in [0.25, 0.3) is 10.7 Å². The third kappa shape index (κ3) is 4.16. The Labute approximate surface area is 118 Å². The van der Waals surface area contributed by atoms with E-state index < -0.39 is 6.10 Å². The van der Waals surface area contributed by atoms with E-state index in [-0.39, 0.29) is 5.54 Å². The van der Waals surface area contributed by atoms with Crippen LogP contribution in [0.4, 0.5) is 0 Å². The van der Waals surface area contributed by atoms with Gasteiger partial charge in [-0.05, 0) is 32.2 Å². The van der Waals surface area contributed by atoms with Crippen LogP contribution >= 0.6 is 11.3 Å². The molecule has 0 spiro atoms. The van der Waals surface area contributed by atoms with Gasteiger partial charge in [0.25, 0.3) is 0 Å². The maximum atomic E-state index is 10.1. The quantitative estimate of drug-likeness (QED) is 0.883. The molecule has 2 heterocycles. The molecule has 0 radical (unpaired) electrons. The van der Waals surface area contributed by atoms with Crippen LogP contribution in [0.2, 0.25) is 0 Å². The van der Waals surface area contributed by atoms with Crippen LogP contribution in [-0.4, -0.2) is 32.8 Å². The molecule has 0 saturated heterocycles. The zero-order valence-corrected chi connectivity index (χ0v) is 12.4. The first-order valence-electron chi connectivity index (χ1n) is 6.44. The van der Waals surface area contributed by atoms with Crippen molar-refractivity contribution in [2.45, 2.75) is 39.0 Å². The number of β-amino-alcohol motifs (C(OH)–C–C–N with tert-alkyl or cyclic N) is 1. The highest BCUT2D eigenvalue weighted by molar-refractivity contribution is 7.13. The monoisotopic (exact) mass is 279 g/mol. The minimum absolute atomic E-state index is 0.0203. The fraction of sp³-hybridized carbons (Fsp3) is 0.500. The Morgan fingerprint density at radius 2 is 2.26 bits per heavy atom. The summed E-state index contributed by atoms with van der Waals surface area (Å²) in [6.07, 6.45) is 3.26. The van der Waals surface area contributed by atoms with Gasteiger partial charge in [0.05, 0.1) is 17.5 Å². The van der Waals surface area contributed by atoms with Crippen LogP contribution in [0.1, 0.15) is 20.8 Å². The summed E-state index contributed by atoms with van der Waals surface area (Å²) < 4.78 is 2.00. The number of hydrogen-bond donors (Lipinski definition) is 2. The lowest BCUT2D eigenvalue weighted by Crippen LogP contribution is -2.42. The molecule has 0 aliphatic heterocycles. The van der Waals surface area contributed by atoms with E-state index in [9.17, 15) is 5.11 Å². The van der Waals surface area contributed by atoms with E-state index in [2.05, 4.69) is 31.1 Å². The molecule has 4 nitrogen and oxygen atoms in total. The van der Waals surface area contributed by atoms with Crippen molar-refractivity contribution in [3.05, 3.63) is 29.9 Å². The maximum absolute atomic E-state index is 10.1. The van der Waals surface area contributed by atoms with Gasteiger partial charge in [0.1, 0.15) is 5.82 Å². The van der Waals surface area contributed by atoms with Crippen molar-refractivity contribution < 1.29 is 5.11 Å².